The third-order valence-electron chi connectivity index (χ3n) is 4.38. The van der Waals surface area contributed by atoms with E-state index in [1.165, 1.54) is 28.3 Å². The molecule has 7 heteroatoms. The summed E-state index contributed by atoms with van der Waals surface area (Å²) in [5.74, 6) is -0.0208. The van der Waals surface area contributed by atoms with Crippen LogP contribution in [0.15, 0.2) is 12.1 Å². The summed E-state index contributed by atoms with van der Waals surface area (Å²) in [6, 6.07) is 3.95. The molecular weight excluding hydrogens is 314 g/mol. The molecule has 1 saturated heterocycles. The zero-order chi connectivity index (χ0) is 17.4. The molecule has 0 unspecified atom stereocenters. The van der Waals surface area contributed by atoms with Gasteiger partial charge in [0.05, 0.1) is 0 Å². The van der Waals surface area contributed by atoms with Gasteiger partial charge in [0, 0.05) is 45.8 Å². The topological polar surface area (TPSA) is 60.9 Å². The van der Waals surface area contributed by atoms with E-state index in [0.29, 0.717) is 31.7 Å². The van der Waals surface area contributed by atoms with E-state index in [-0.39, 0.29) is 5.91 Å². The van der Waals surface area contributed by atoms with Crippen LogP contribution in [-0.4, -0.2) is 68.1 Å². The number of carbonyl (C=O) groups excluding carboxylic acids is 1. The Labute approximate surface area is 138 Å². The van der Waals surface area contributed by atoms with Crippen LogP contribution in [0.2, 0.25) is 0 Å². The van der Waals surface area contributed by atoms with Crippen LogP contribution in [0, 0.1) is 20.8 Å². The molecule has 1 heterocycles. The van der Waals surface area contributed by atoms with Crippen LogP contribution < -0.4 is 0 Å². The monoisotopic (exact) mass is 339 g/mol. The van der Waals surface area contributed by atoms with Crippen molar-refractivity contribution in [2.24, 2.45) is 0 Å². The van der Waals surface area contributed by atoms with Gasteiger partial charge in [-0.05, 0) is 43.5 Å². The standard InChI is InChI=1S/C16H25N3O3S/c1-12-10-14(3)15(11-13(12)2)16(20)18-6-8-19(9-7-18)23(21,22)17(4)5/h10-11H,6-9H2,1-5H3. The first-order valence-corrected chi connectivity index (χ1v) is 9.09. The fraction of sp³-hybridized carbons (Fsp3) is 0.562. The second kappa shape index (κ2) is 6.59. The highest BCUT2D eigenvalue weighted by Gasteiger charge is 2.30. The molecule has 0 bridgehead atoms. The summed E-state index contributed by atoms with van der Waals surface area (Å²) in [4.78, 5) is 14.5. The van der Waals surface area contributed by atoms with Crippen LogP contribution in [-0.2, 0) is 10.2 Å². The molecule has 1 aliphatic heterocycles. The van der Waals surface area contributed by atoms with Crippen molar-refractivity contribution < 1.29 is 13.2 Å². The molecule has 0 aromatic heterocycles. The average Bonchev–Trinajstić information content (AvgIpc) is 2.50. The lowest BCUT2D eigenvalue weighted by Gasteiger charge is -2.35. The van der Waals surface area contributed by atoms with Crippen molar-refractivity contribution in [3.63, 3.8) is 0 Å². The number of hydrogen-bond acceptors (Lipinski definition) is 3. The predicted molar refractivity (Wildman–Crippen MR) is 90.7 cm³/mol. The maximum absolute atomic E-state index is 12.7. The van der Waals surface area contributed by atoms with E-state index in [4.69, 9.17) is 0 Å². The normalized spacial score (nSPS) is 16.9. The Hall–Kier alpha value is -1.44. The molecule has 0 saturated carbocycles. The van der Waals surface area contributed by atoms with Crippen LogP contribution in [0.5, 0.6) is 0 Å². The van der Waals surface area contributed by atoms with Crippen LogP contribution in [0.25, 0.3) is 0 Å². The summed E-state index contributed by atoms with van der Waals surface area (Å²) in [7, 11) is -0.367. The Bertz CT molecular complexity index is 706. The summed E-state index contributed by atoms with van der Waals surface area (Å²) in [5, 5.41) is 0. The van der Waals surface area contributed by atoms with E-state index in [1.807, 2.05) is 32.9 Å². The van der Waals surface area contributed by atoms with Gasteiger partial charge in [0.1, 0.15) is 0 Å². The minimum Gasteiger partial charge on any atom is -0.336 e. The molecule has 1 aliphatic rings. The van der Waals surface area contributed by atoms with E-state index < -0.39 is 10.2 Å². The molecule has 0 N–H and O–H groups in total. The highest BCUT2D eigenvalue weighted by atomic mass is 32.2. The molecule has 1 fully saturated rings. The molecule has 1 amide bonds. The number of piperazine rings is 1. The minimum atomic E-state index is -3.41. The summed E-state index contributed by atoms with van der Waals surface area (Å²) < 4.78 is 26.9. The van der Waals surface area contributed by atoms with Crippen LogP contribution >= 0.6 is 0 Å². The van der Waals surface area contributed by atoms with Crippen molar-refractivity contribution in [3.8, 4) is 0 Å². The molecule has 0 aliphatic carbocycles. The van der Waals surface area contributed by atoms with E-state index in [0.717, 1.165) is 11.1 Å². The molecule has 0 spiro atoms. The van der Waals surface area contributed by atoms with Crippen LogP contribution in [0.3, 0.4) is 0 Å². The van der Waals surface area contributed by atoms with Gasteiger partial charge in [-0.25, -0.2) is 0 Å². The third-order valence-corrected chi connectivity index (χ3v) is 6.33. The summed E-state index contributed by atoms with van der Waals surface area (Å²) >= 11 is 0. The molecule has 6 nitrogen and oxygen atoms in total. The molecule has 0 radical (unpaired) electrons. The van der Waals surface area contributed by atoms with Crippen molar-refractivity contribution in [1.29, 1.82) is 0 Å². The smallest absolute Gasteiger partial charge is 0.281 e. The molecule has 23 heavy (non-hydrogen) atoms. The van der Waals surface area contributed by atoms with Crippen LogP contribution in [0.1, 0.15) is 27.0 Å². The number of benzene rings is 1. The molecule has 128 valence electrons. The fourth-order valence-electron chi connectivity index (χ4n) is 2.71. The van der Waals surface area contributed by atoms with E-state index in [9.17, 15) is 13.2 Å². The third kappa shape index (κ3) is 3.57. The predicted octanol–water partition coefficient (Wildman–Crippen LogP) is 1.18. The lowest BCUT2D eigenvalue weighted by atomic mass is 10.00. The van der Waals surface area contributed by atoms with Crippen molar-refractivity contribution in [1.82, 2.24) is 13.5 Å². The first-order valence-electron chi connectivity index (χ1n) is 7.69. The number of carbonyl (C=O) groups is 1. The van der Waals surface area contributed by atoms with Gasteiger partial charge in [-0.3, -0.25) is 4.79 Å². The lowest BCUT2D eigenvalue weighted by Crippen LogP contribution is -2.53. The highest BCUT2D eigenvalue weighted by Crippen LogP contribution is 2.19. The Kier molecular flexibility index (Phi) is 5.13. The molecule has 1 aromatic carbocycles. The Morgan fingerprint density at radius 1 is 0.957 bits per heavy atom. The van der Waals surface area contributed by atoms with E-state index >= 15 is 0 Å². The molecule has 2 rings (SSSR count). The molecular formula is C16H25N3O3S. The van der Waals surface area contributed by atoms with Gasteiger partial charge in [0.25, 0.3) is 16.1 Å². The van der Waals surface area contributed by atoms with E-state index in [1.54, 1.807) is 4.90 Å². The van der Waals surface area contributed by atoms with Gasteiger partial charge in [0.2, 0.25) is 0 Å². The number of nitrogens with zero attached hydrogens (tertiary/aromatic N) is 3. The number of rotatable bonds is 3. The largest absolute Gasteiger partial charge is 0.336 e. The van der Waals surface area contributed by atoms with Gasteiger partial charge in [-0.15, -0.1) is 0 Å². The zero-order valence-corrected chi connectivity index (χ0v) is 15.3. The summed E-state index contributed by atoms with van der Waals surface area (Å²) in [6.07, 6.45) is 0. The van der Waals surface area contributed by atoms with Crippen molar-refractivity contribution in [3.05, 3.63) is 34.4 Å². The van der Waals surface area contributed by atoms with Crippen molar-refractivity contribution >= 4 is 16.1 Å². The Balaban J connectivity index is 2.12. The highest BCUT2D eigenvalue weighted by molar-refractivity contribution is 7.86. The zero-order valence-electron chi connectivity index (χ0n) is 14.5. The lowest BCUT2D eigenvalue weighted by molar-refractivity contribution is 0.0694. The SMILES string of the molecule is Cc1cc(C)c(C(=O)N2CCN(S(=O)(=O)N(C)C)CC2)cc1C. The second-order valence-corrected chi connectivity index (χ2v) is 8.38. The van der Waals surface area contributed by atoms with Gasteiger partial charge in [-0.2, -0.15) is 17.0 Å². The number of amides is 1. The number of hydrogen-bond donors (Lipinski definition) is 0. The minimum absolute atomic E-state index is 0.0208. The van der Waals surface area contributed by atoms with Crippen LogP contribution in [0.4, 0.5) is 0 Å². The summed E-state index contributed by atoms with van der Waals surface area (Å²) in [6.45, 7) is 7.45. The Morgan fingerprint density at radius 2 is 1.48 bits per heavy atom. The fourth-order valence-corrected chi connectivity index (χ4v) is 3.80. The number of aryl methyl sites for hydroxylation is 3. The van der Waals surface area contributed by atoms with E-state index in [2.05, 4.69) is 0 Å². The molecule has 1 aromatic rings. The second-order valence-electron chi connectivity index (χ2n) is 6.23. The summed E-state index contributed by atoms with van der Waals surface area (Å²) in [5.41, 5.74) is 3.92. The van der Waals surface area contributed by atoms with Crippen molar-refractivity contribution in [2.75, 3.05) is 40.3 Å². The maximum atomic E-state index is 12.7. The average molecular weight is 339 g/mol. The quantitative estimate of drug-likeness (QED) is 0.831. The maximum Gasteiger partial charge on any atom is 0.281 e. The van der Waals surface area contributed by atoms with Crippen molar-refractivity contribution in [2.45, 2.75) is 20.8 Å². The molecule has 0 atom stereocenters. The first-order chi connectivity index (χ1) is 10.6. The van der Waals surface area contributed by atoms with Gasteiger partial charge < -0.3 is 4.90 Å². The van der Waals surface area contributed by atoms with Gasteiger partial charge in [-0.1, -0.05) is 6.07 Å². The van der Waals surface area contributed by atoms with Gasteiger partial charge >= 0.3 is 0 Å². The first kappa shape index (κ1) is 17.9. The van der Waals surface area contributed by atoms with Gasteiger partial charge in [0.15, 0.2) is 0 Å². The Morgan fingerprint density at radius 3 is 2.00 bits per heavy atom.